The third-order valence-electron chi connectivity index (χ3n) is 3.47. The molecule has 5 nitrogen and oxygen atoms in total. The fourth-order valence-corrected chi connectivity index (χ4v) is 2.59. The van der Waals surface area contributed by atoms with Gasteiger partial charge in [0.15, 0.2) is 11.6 Å². The highest BCUT2D eigenvalue weighted by Crippen LogP contribution is 2.31. The molecule has 0 radical (unpaired) electrons. The van der Waals surface area contributed by atoms with E-state index in [9.17, 15) is 9.59 Å². The number of carbonyl (C=O) groups is 2. The third-order valence-corrected chi connectivity index (χ3v) is 3.47. The number of imidazole rings is 1. The van der Waals surface area contributed by atoms with Crippen molar-refractivity contribution in [2.45, 2.75) is 19.4 Å². The second-order valence-corrected chi connectivity index (χ2v) is 4.77. The minimum atomic E-state index is -0.620. The highest BCUT2D eigenvalue weighted by atomic mass is 16.1. The molecule has 1 unspecified atom stereocenters. The Labute approximate surface area is 110 Å². The van der Waals surface area contributed by atoms with Gasteiger partial charge < -0.3 is 10.3 Å². The summed E-state index contributed by atoms with van der Waals surface area (Å²) in [6.45, 7) is 1.99. The standard InChI is InChI=1S/C14H13N3O2/c1-8-2-3-10-9(6-8)7-11(12(10)18)17-5-4-16-14(17)13(15)19/h2-6,11H,7H2,1H3,(H2,15,19). The second kappa shape index (κ2) is 4.05. The molecule has 0 spiro atoms. The SMILES string of the molecule is Cc1ccc2c(c1)CC(n1ccnc1C(N)=O)C2=O. The Morgan fingerprint density at radius 3 is 3.00 bits per heavy atom. The number of primary amides is 1. The van der Waals surface area contributed by atoms with Gasteiger partial charge in [-0.2, -0.15) is 0 Å². The van der Waals surface area contributed by atoms with Gasteiger partial charge in [-0.3, -0.25) is 9.59 Å². The molecule has 0 aliphatic heterocycles. The number of nitrogens with zero attached hydrogens (tertiary/aromatic N) is 2. The Bertz CT molecular complexity index is 688. The Morgan fingerprint density at radius 2 is 2.26 bits per heavy atom. The van der Waals surface area contributed by atoms with Crippen LogP contribution in [0.15, 0.2) is 30.6 Å². The Hall–Kier alpha value is -2.43. The predicted molar refractivity (Wildman–Crippen MR) is 69.0 cm³/mol. The maximum atomic E-state index is 12.4. The lowest BCUT2D eigenvalue weighted by molar-refractivity contribution is 0.0931. The van der Waals surface area contributed by atoms with Gasteiger partial charge in [-0.25, -0.2) is 4.98 Å². The number of aromatic nitrogens is 2. The molecule has 96 valence electrons. The average Bonchev–Trinajstić information content (AvgIpc) is 2.94. The van der Waals surface area contributed by atoms with Crippen LogP contribution in [0.1, 0.15) is 38.1 Å². The van der Waals surface area contributed by atoms with E-state index in [-0.39, 0.29) is 11.6 Å². The summed E-state index contributed by atoms with van der Waals surface area (Å²) >= 11 is 0. The number of nitrogens with two attached hydrogens (primary N) is 1. The Kier molecular flexibility index (Phi) is 2.48. The number of rotatable bonds is 2. The normalized spacial score (nSPS) is 17.5. The zero-order valence-corrected chi connectivity index (χ0v) is 10.5. The maximum absolute atomic E-state index is 12.4. The first-order chi connectivity index (χ1) is 9.08. The summed E-state index contributed by atoms with van der Waals surface area (Å²) in [7, 11) is 0. The number of amides is 1. The molecule has 0 saturated carbocycles. The van der Waals surface area contributed by atoms with Crippen molar-refractivity contribution in [3.63, 3.8) is 0 Å². The van der Waals surface area contributed by atoms with E-state index >= 15 is 0 Å². The monoisotopic (exact) mass is 255 g/mol. The van der Waals surface area contributed by atoms with E-state index in [4.69, 9.17) is 5.73 Å². The Balaban J connectivity index is 2.04. The number of aryl methyl sites for hydroxylation is 1. The number of Topliss-reactive ketones (excluding diaryl/α,β-unsaturated/α-hetero) is 1. The van der Waals surface area contributed by atoms with Gasteiger partial charge in [-0.15, -0.1) is 0 Å². The highest BCUT2D eigenvalue weighted by molar-refractivity contribution is 6.04. The van der Waals surface area contributed by atoms with Gasteiger partial charge in [0.05, 0.1) is 0 Å². The van der Waals surface area contributed by atoms with Gasteiger partial charge in [0.25, 0.3) is 5.91 Å². The number of hydrogen-bond donors (Lipinski definition) is 1. The zero-order chi connectivity index (χ0) is 13.6. The lowest BCUT2D eigenvalue weighted by Gasteiger charge is -2.11. The van der Waals surface area contributed by atoms with Crippen LogP contribution < -0.4 is 5.73 Å². The topological polar surface area (TPSA) is 78.0 Å². The molecule has 1 aliphatic rings. The average molecular weight is 255 g/mol. The van der Waals surface area contributed by atoms with E-state index < -0.39 is 11.9 Å². The molecular weight excluding hydrogens is 242 g/mol. The van der Waals surface area contributed by atoms with E-state index in [2.05, 4.69) is 4.98 Å². The molecule has 3 rings (SSSR count). The van der Waals surface area contributed by atoms with Gasteiger partial charge in [-0.05, 0) is 12.5 Å². The highest BCUT2D eigenvalue weighted by Gasteiger charge is 2.33. The van der Waals surface area contributed by atoms with E-state index in [1.807, 2.05) is 25.1 Å². The lowest BCUT2D eigenvalue weighted by Crippen LogP contribution is -2.23. The molecule has 19 heavy (non-hydrogen) atoms. The molecule has 2 aromatic rings. The smallest absolute Gasteiger partial charge is 0.284 e. The number of benzene rings is 1. The largest absolute Gasteiger partial charge is 0.363 e. The minimum Gasteiger partial charge on any atom is -0.363 e. The van der Waals surface area contributed by atoms with Crippen LogP contribution in [0.4, 0.5) is 0 Å². The summed E-state index contributed by atoms with van der Waals surface area (Å²) in [5.74, 6) is -0.483. The molecule has 1 heterocycles. The van der Waals surface area contributed by atoms with Crippen molar-refractivity contribution in [2.24, 2.45) is 5.73 Å². The minimum absolute atomic E-state index is 0.00972. The van der Waals surface area contributed by atoms with Gasteiger partial charge in [0.2, 0.25) is 0 Å². The summed E-state index contributed by atoms with van der Waals surface area (Å²) in [5, 5.41) is 0. The summed E-state index contributed by atoms with van der Waals surface area (Å²) in [6, 6.07) is 5.35. The summed E-state index contributed by atoms with van der Waals surface area (Å²) in [4.78, 5) is 27.6. The van der Waals surface area contributed by atoms with Crippen LogP contribution in [0, 0.1) is 6.92 Å². The van der Waals surface area contributed by atoms with E-state index in [0.717, 1.165) is 16.7 Å². The third kappa shape index (κ3) is 1.74. The first-order valence-electron chi connectivity index (χ1n) is 6.04. The maximum Gasteiger partial charge on any atom is 0.284 e. The molecule has 0 saturated heterocycles. The van der Waals surface area contributed by atoms with E-state index in [1.165, 1.54) is 6.20 Å². The molecule has 0 bridgehead atoms. The van der Waals surface area contributed by atoms with Crippen LogP contribution in [0.25, 0.3) is 0 Å². The molecule has 1 amide bonds. The molecule has 1 atom stereocenters. The van der Waals surface area contributed by atoms with Crippen molar-refractivity contribution in [3.8, 4) is 0 Å². The molecule has 0 fully saturated rings. The van der Waals surface area contributed by atoms with Gasteiger partial charge in [0, 0.05) is 24.4 Å². The Morgan fingerprint density at radius 1 is 1.47 bits per heavy atom. The first kappa shape index (κ1) is 11.6. The second-order valence-electron chi connectivity index (χ2n) is 4.77. The van der Waals surface area contributed by atoms with Crippen molar-refractivity contribution in [1.82, 2.24) is 9.55 Å². The van der Waals surface area contributed by atoms with Gasteiger partial charge in [-0.1, -0.05) is 23.8 Å². The number of fused-ring (bicyclic) bond motifs is 1. The zero-order valence-electron chi connectivity index (χ0n) is 10.5. The summed E-state index contributed by atoms with van der Waals surface area (Å²) in [5.41, 5.74) is 8.12. The molecule has 1 aliphatic carbocycles. The van der Waals surface area contributed by atoms with Gasteiger partial charge in [0.1, 0.15) is 6.04 Å². The van der Waals surface area contributed by atoms with Crippen LogP contribution in [0.2, 0.25) is 0 Å². The molecule has 1 aromatic carbocycles. The van der Waals surface area contributed by atoms with Gasteiger partial charge >= 0.3 is 0 Å². The predicted octanol–water partition coefficient (Wildman–Crippen LogP) is 1.27. The summed E-state index contributed by atoms with van der Waals surface area (Å²) in [6.07, 6.45) is 3.69. The molecule has 2 N–H and O–H groups in total. The van der Waals surface area contributed by atoms with Crippen molar-refractivity contribution in [1.29, 1.82) is 0 Å². The van der Waals surface area contributed by atoms with Crippen molar-refractivity contribution >= 4 is 11.7 Å². The van der Waals surface area contributed by atoms with Crippen molar-refractivity contribution in [2.75, 3.05) is 0 Å². The van der Waals surface area contributed by atoms with Crippen LogP contribution in [0.3, 0.4) is 0 Å². The number of hydrogen-bond acceptors (Lipinski definition) is 3. The van der Waals surface area contributed by atoms with E-state index in [0.29, 0.717) is 6.42 Å². The first-order valence-corrected chi connectivity index (χ1v) is 6.04. The van der Waals surface area contributed by atoms with E-state index in [1.54, 1.807) is 10.8 Å². The quantitative estimate of drug-likeness (QED) is 0.877. The number of carbonyl (C=O) groups excluding carboxylic acids is 2. The fourth-order valence-electron chi connectivity index (χ4n) is 2.59. The van der Waals surface area contributed by atoms with Crippen LogP contribution in [0.5, 0.6) is 0 Å². The van der Waals surface area contributed by atoms with Crippen molar-refractivity contribution < 1.29 is 9.59 Å². The molecule has 1 aromatic heterocycles. The summed E-state index contributed by atoms with van der Waals surface area (Å²) < 4.78 is 1.57. The van der Waals surface area contributed by atoms with Crippen LogP contribution in [-0.4, -0.2) is 21.2 Å². The number of ketones is 1. The fraction of sp³-hybridized carbons (Fsp3) is 0.214. The van der Waals surface area contributed by atoms with Crippen LogP contribution >= 0.6 is 0 Å². The van der Waals surface area contributed by atoms with Crippen LogP contribution in [-0.2, 0) is 6.42 Å². The van der Waals surface area contributed by atoms with Crippen molar-refractivity contribution in [3.05, 3.63) is 53.1 Å². The molecular formula is C14H13N3O2. The lowest BCUT2D eigenvalue weighted by atomic mass is 10.1. The molecule has 5 heteroatoms.